The number of benzene rings is 2. The molecule has 21 heteroatoms. The zero-order chi connectivity index (χ0) is 42.1. The monoisotopic (exact) mass is 798 g/mol. The van der Waals surface area contributed by atoms with Crippen LogP contribution in [0, 0.1) is 5.82 Å². The summed E-state index contributed by atoms with van der Waals surface area (Å²) < 4.78 is 18.8. The van der Waals surface area contributed by atoms with E-state index in [2.05, 4.69) is 41.6 Å². The summed E-state index contributed by atoms with van der Waals surface area (Å²) in [5.74, 6) is -9.08. The summed E-state index contributed by atoms with van der Waals surface area (Å²) in [6.07, 6.45) is -1.59. The number of primary amides is 1. The number of carbonyl (C=O) groups excluding carboxylic acids is 7. The lowest BCUT2D eigenvalue weighted by atomic mass is 10.0. The number of aromatic nitrogens is 1. The highest BCUT2D eigenvalue weighted by Gasteiger charge is 2.31. The maximum atomic E-state index is 14.1. The van der Waals surface area contributed by atoms with Crippen molar-refractivity contribution in [3.63, 3.8) is 0 Å². The van der Waals surface area contributed by atoms with E-state index >= 15 is 0 Å². The van der Waals surface area contributed by atoms with Crippen LogP contribution in [0.2, 0.25) is 0 Å². The van der Waals surface area contributed by atoms with Crippen LogP contribution in [0.4, 0.5) is 9.18 Å². The Kier molecular flexibility index (Phi) is 16.9. The topological polar surface area (TPSA) is 317 Å². The number of carboxylic acid groups (broad SMARTS) is 2. The first-order chi connectivity index (χ1) is 27.1. The number of ether oxygens (including phenoxy) is 1. The number of nitrogens with one attached hydrogen (secondary N) is 7. The Bertz CT molecular complexity index is 1970. The number of para-hydroxylation sites is 1. The van der Waals surface area contributed by atoms with Crippen LogP contribution in [0.5, 0.6) is 0 Å². The first kappa shape index (κ1) is 44.3. The largest absolute Gasteiger partial charge is 0.481 e. The molecule has 7 amide bonds. The average molecular weight is 799 g/mol. The number of alkyl carbamates (subject to hydrolysis) is 1. The highest BCUT2D eigenvalue weighted by atomic mass is 19.1. The van der Waals surface area contributed by atoms with Gasteiger partial charge >= 0.3 is 18.0 Å². The number of amides is 7. The number of carboxylic acids is 2. The number of aromatic amines is 1. The van der Waals surface area contributed by atoms with Crippen LogP contribution in [0.25, 0.3) is 10.9 Å². The maximum absolute atomic E-state index is 14.1. The molecule has 3 aromatic rings. The van der Waals surface area contributed by atoms with Crippen molar-refractivity contribution in [1.82, 2.24) is 36.9 Å². The summed E-state index contributed by atoms with van der Waals surface area (Å²) >= 11 is 0. The molecule has 20 nitrogen and oxygen atoms in total. The number of rotatable bonds is 22. The molecule has 2 aromatic carbocycles. The minimum Gasteiger partial charge on any atom is -0.481 e. The van der Waals surface area contributed by atoms with Crippen LogP contribution < -0.4 is 37.6 Å². The summed E-state index contributed by atoms with van der Waals surface area (Å²) in [5, 5.41) is 32.7. The van der Waals surface area contributed by atoms with E-state index in [1.807, 2.05) is 0 Å². The highest BCUT2D eigenvalue weighted by molar-refractivity contribution is 5.96. The number of aliphatic carboxylic acids is 2. The van der Waals surface area contributed by atoms with Gasteiger partial charge in [-0.05, 0) is 42.7 Å². The first-order valence-corrected chi connectivity index (χ1v) is 17.5. The van der Waals surface area contributed by atoms with Crippen molar-refractivity contribution in [3.05, 3.63) is 71.7 Å². The Labute approximate surface area is 323 Å². The van der Waals surface area contributed by atoms with Crippen molar-refractivity contribution in [2.75, 3.05) is 19.7 Å². The van der Waals surface area contributed by atoms with Gasteiger partial charge in [0.05, 0.1) is 26.1 Å². The van der Waals surface area contributed by atoms with Crippen LogP contribution in [-0.4, -0.2) is 113 Å². The second kappa shape index (κ2) is 21.7. The minimum absolute atomic E-state index is 0.0586. The fourth-order valence-corrected chi connectivity index (χ4v) is 5.41. The fraction of sp³-hybridized carbons (Fsp3) is 0.361. The lowest BCUT2D eigenvalue weighted by Gasteiger charge is -2.25. The van der Waals surface area contributed by atoms with E-state index in [-0.39, 0.29) is 31.4 Å². The van der Waals surface area contributed by atoms with Crippen molar-refractivity contribution in [2.45, 2.75) is 63.2 Å². The summed E-state index contributed by atoms with van der Waals surface area (Å²) in [6.45, 7) is -0.0634. The number of carbonyl (C=O) groups is 9. The summed E-state index contributed by atoms with van der Waals surface area (Å²) in [7, 11) is 0. The quantitative estimate of drug-likeness (QED) is 0.0569. The van der Waals surface area contributed by atoms with Crippen molar-refractivity contribution < 1.29 is 62.5 Å². The predicted octanol–water partition coefficient (Wildman–Crippen LogP) is -1.28. The van der Waals surface area contributed by atoms with Gasteiger partial charge in [-0.25, -0.2) is 9.18 Å². The lowest BCUT2D eigenvalue weighted by molar-refractivity contribution is -0.140. The third-order valence-electron chi connectivity index (χ3n) is 8.15. The molecule has 1 heterocycles. The first-order valence-electron chi connectivity index (χ1n) is 17.5. The van der Waals surface area contributed by atoms with Gasteiger partial charge in [0, 0.05) is 36.4 Å². The molecule has 4 atom stereocenters. The van der Waals surface area contributed by atoms with Crippen LogP contribution in [-0.2, 0) is 55.9 Å². The second-order valence-electron chi connectivity index (χ2n) is 12.5. The predicted molar refractivity (Wildman–Crippen MR) is 196 cm³/mol. The molecular weight excluding hydrogens is 755 g/mol. The molecule has 1 aromatic heterocycles. The van der Waals surface area contributed by atoms with Gasteiger partial charge in [-0.1, -0.05) is 30.3 Å². The van der Waals surface area contributed by atoms with Gasteiger partial charge in [0.2, 0.25) is 35.4 Å². The molecule has 306 valence electrons. The number of halogens is 1. The SMILES string of the molecule is CCOC(=O)N[C@H](CC(=O)O)C(=O)NCC(=O)NCC(=O)N[C@@H](Cc1cccc(F)c1)C(=O)N[C@@H](Cc1c[nH]c2ccccc12)C(=O)N[C@@H](CCC(=O)O)C(N)=O. The van der Waals surface area contributed by atoms with Gasteiger partial charge in [-0.3, -0.25) is 38.4 Å². The maximum Gasteiger partial charge on any atom is 0.407 e. The van der Waals surface area contributed by atoms with Gasteiger partial charge in [-0.2, -0.15) is 0 Å². The number of hydrogen-bond acceptors (Lipinski definition) is 10. The zero-order valence-corrected chi connectivity index (χ0v) is 30.6. The normalized spacial score (nSPS) is 12.8. The van der Waals surface area contributed by atoms with E-state index in [1.165, 1.54) is 19.1 Å². The minimum atomic E-state index is -1.59. The molecular formula is C36H43FN8O12. The smallest absolute Gasteiger partial charge is 0.407 e. The summed E-state index contributed by atoms with van der Waals surface area (Å²) in [5.41, 5.74) is 6.95. The van der Waals surface area contributed by atoms with E-state index in [0.717, 1.165) is 12.1 Å². The van der Waals surface area contributed by atoms with E-state index in [1.54, 1.807) is 30.5 Å². The van der Waals surface area contributed by atoms with Crippen molar-refractivity contribution in [1.29, 1.82) is 0 Å². The zero-order valence-electron chi connectivity index (χ0n) is 30.6. The van der Waals surface area contributed by atoms with Gasteiger partial charge in [0.1, 0.15) is 30.0 Å². The molecule has 0 aliphatic heterocycles. The van der Waals surface area contributed by atoms with Gasteiger partial charge in [-0.15, -0.1) is 0 Å². The number of H-pyrrole nitrogens is 1. The van der Waals surface area contributed by atoms with Crippen molar-refractivity contribution in [3.8, 4) is 0 Å². The number of fused-ring (bicyclic) bond motifs is 1. The van der Waals surface area contributed by atoms with Crippen molar-refractivity contribution >= 4 is 64.4 Å². The van der Waals surface area contributed by atoms with Gasteiger partial charge in [0.15, 0.2) is 0 Å². The molecule has 11 N–H and O–H groups in total. The van der Waals surface area contributed by atoms with Crippen LogP contribution in [0.1, 0.15) is 37.3 Å². The Morgan fingerprint density at radius 2 is 1.42 bits per heavy atom. The van der Waals surface area contributed by atoms with Gasteiger partial charge < -0.3 is 57.6 Å². The van der Waals surface area contributed by atoms with E-state index in [9.17, 15) is 47.5 Å². The Hall–Kier alpha value is -7.06. The third kappa shape index (κ3) is 14.9. The molecule has 0 saturated heterocycles. The molecule has 0 bridgehead atoms. The molecule has 0 spiro atoms. The standard InChI is InChI=1S/C36H43FN8O12/c1-2-57-36(56)45-27(15-31(50)51)33(53)41-17-28(46)40-18-29(47)42-25(13-19-6-5-7-21(37)12-19)34(54)44-26(14-20-16-39-23-9-4-3-8-22(20)23)35(55)43-24(32(38)52)10-11-30(48)49/h3-9,12,16,24-27,39H,2,10-11,13-15,17-18H2,1H3,(H2,38,52)(H,40,46)(H,41,53)(H,42,47)(H,43,55)(H,44,54)(H,45,56)(H,48,49)(H,50,51)/t24-,25-,26-,27+/m0/s1. The average Bonchev–Trinajstić information content (AvgIpc) is 3.56. The van der Waals surface area contributed by atoms with Crippen LogP contribution in [0.15, 0.2) is 54.7 Å². The summed E-state index contributed by atoms with van der Waals surface area (Å²) in [6, 6.07) is 6.26. The Morgan fingerprint density at radius 3 is 2.07 bits per heavy atom. The third-order valence-corrected chi connectivity index (χ3v) is 8.15. The Balaban J connectivity index is 1.77. The molecule has 0 fully saturated rings. The fourth-order valence-electron chi connectivity index (χ4n) is 5.41. The molecule has 0 unspecified atom stereocenters. The molecule has 0 aliphatic rings. The second-order valence-corrected chi connectivity index (χ2v) is 12.5. The molecule has 0 aliphatic carbocycles. The number of nitrogens with two attached hydrogens (primary N) is 1. The van der Waals surface area contributed by atoms with E-state index in [0.29, 0.717) is 16.5 Å². The molecule has 0 radical (unpaired) electrons. The number of hydrogen-bond donors (Lipinski definition) is 10. The molecule has 3 rings (SSSR count). The lowest BCUT2D eigenvalue weighted by Crippen LogP contribution is -2.58. The molecule has 0 saturated carbocycles. The molecule has 57 heavy (non-hydrogen) atoms. The van der Waals surface area contributed by atoms with Gasteiger partial charge in [0.25, 0.3) is 0 Å². The van der Waals surface area contributed by atoms with Crippen LogP contribution >= 0.6 is 0 Å². The highest BCUT2D eigenvalue weighted by Crippen LogP contribution is 2.19. The summed E-state index contributed by atoms with van der Waals surface area (Å²) in [4.78, 5) is 115. The van der Waals surface area contributed by atoms with E-state index < -0.39 is 109 Å². The van der Waals surface area contributed by atoms with E-state index in [4.69, 9.17) is 15.9 Å². The van der Waals surface area contributed by atoms with Crippen molar-refractivity contribution in [2.24, 2.45) is 5.73 Å². The Morgan fingerprint density at radius 1 is 0.754 bits per heavy atom. The van der Waals surface area contributed by atoms with Crippen LogP contribution in [0.3, 0.4) is 0 Å².